The van der Waals surface area contributed by atoms with E-state index >= 15 is 0 Å². The van der Waals surface area contributed by atoms with Gasteiger partial charge in [-0.15, -0.1) is 0 Å². The van der Waals surface area contributed by atoms with Crippen molar-refractivity contribution in [2.75, 3.05) is 14.2 Å². The van der Waals surface area contributed by atoms with E-state index in [1.54, 1.807) is 24.3 Å². The molecule has 1 heterocycles. The lowest BCUT2D eigenvalue weighted by Gasteiger charge is -2.11. The summed E-state index contributed by atoms with van der Waals surface area (Å²) < 4.78 is 53.2. The number of thiazole rings is 1. The van der Waals surface area contributed by atoms with Crippen LogP contribution in [-0.4, -0.2) is 25.2 Å². The van der Waals surface area contributed by atoms with E-state index in [9.17, 15) is 18.0 Å². The number of esters is 1. The van der Waals surface area contributed by atoms with E-state index in [1.807, 2.05) is 0 Å². The largest absolute Gasteiger partial charge is 0.503 e. The molecule has 0 bridgehead atoms. The number of carbonyl (C=O) groups is 1. The third-order valence-corrected chi connectivity index (χ3v) is 4.52. The molecule has 0 radical (unpaired) electrons. The van der Waals surface area contributed by atoms with E-state index < -0.39 is 22.2 Å². The summed E-state index contributed by atoms with van der Waals surface area (Å²) >= 11 is 5.81. The second-order valence-corrected chi connectivity index (χ2v) is 6.12. The quantitative estimate of drug-likeness (QED) is 0.399. The molecule has 0 saturated carbocycles. The van der Waals surface area contributed by atoms with Gasteiger partial charge in [-0.3, -0.25) is 0 Å². The lowest BCUT2D eigenvalue weighted by atomic mass is 10.0. The van der Waals surface area contributed by atoms with Crippen molar-refractivity contribution in [2.45, 2.75) is 12.8 Å². The molecule has 0 unspecified atom stereocenters. The van der Waals surface area contributed by atoms with Crippen LogP contribution in [0.4, 0.5) is 13.2 Å². The SMILES string of the molecule is CO/C=C(/C(=O)OC)c1ccccc1COc1nc(Cl)c(C(F)(F)F)s1. The molecule has 0 amide bonds. The average Bonchev–Trinajstić information content (AvgIpc) is 2.99. The summed E-state index contributed by atoms with van der Waals surface area (Å²) in [6.07, 6.45) is -3.39. The molecule has 1 aromatic heterocycles. The molecule has 0 atom stereocenters. The van der Waals surface area contributed by atoms with Gasteiger partial charge in [0.1, 0.15) is 12.2 Å². The van der Waals surface area contributed by atoms with Crippen LogP contribution in [0, 0.1) is 0 Å². The number of nitrogens with zero attached hydrogens (tertiary/aromatic N) is 1. The standard InChI is InChI=1S/C16H13ClF3NO4S/c1-23-8-11(14(22)24-2)10-6-4-3-5-9(10)7-25-15-21-13(17)12(26-15)16(18,19)20/h3-6,8H,7H2,1-2H3/b11-8+. The topological polar surface area (TPSA) is 57.7 Å². The zero-order valence-electron chi connectivity index (χ0n) is 13.6. The molecule has 0 aliphatic rings. The van der Waals surface area contributed by atoms with Gasteiger partial charge in [0.05, 0.1) is 20.5 Å². The fourth-order valence-electron chi connectivity index (χ4n) is 2.02. The molecule has 0 fully saturated rings. The van der Waals surface area contributed by atoms with Crippen LogP contribution in [0.25, 0.3) is 5.57 Å². The van der Waals surface area contributed by atoms with Gasteiger partial charge in [-0.1, -0.05) is 47.2 Å². The zero-order valence-corrected chi connectivity index (χ0v) is 15.2. The molecule has 26 heavy (non-hydrogen) atoms. The van der Waals surface area contributed by atoms with Crippen molar-refractivity contribution in [3.63, 3.8) is 0 Å². The summed E-state index contributed by atoms with van der Waals surface area (Å²) in [7, 11) is 2.60. The number of benzene rings is 1. The molecule has 2 aromatic rings. The highest BCUT2D eigenvalue weighted by atomic mass is 35.5. The predicted molar refractivity (Wildman–Crippen MR) is 89.9 cm³/mol. The van der Waals surface area contributed by atoms with E-state index in [2.05, 4.69) is 4.98 Å². The highest BCUT2D eigenvalue weighted by Gasteiger charge is 2.37. The van der Waals surface area contributed by atoms with Crippen molar-refractivity contribution >= 4 is 34.5 Å². The van der Waals surface area contributed by atoms with Crippen LogP contribution in [0.1, 0.15) is 16.0 Å². The number of ether oxygens (including phenoxy) is 3. The Morgan fingerprint density at radius 3 is 2.58 bits per heavy atom. The molecule has 1 aromatic carbocycles. The summed E-state index contributed by atoms with van der Waals surface area (Å²) in [5.41, 5.74) is 1.13. The average molecular weight is 408 g/mol. The third kappa shape index (κ3) is 4.67. The predicted octanol–water partition coefficient (Wildman–Crippen LogP) is 4.55. The maximum atomic E-state index is 12.8. The number of carbonyl (C=O) groups excluding carboxylic acids is 1. The first-order valence-corrected chi connectivity index (χ1v) is 8.23. The smallest absolute Gasteiger partial charge is 0.428 e. The van der Waals surface area contributed by atoms with Crippen LogP contribution in [0.3, 0.4) is 0 Å². The first-order chi connectivity index (χ1) is 12.3. The maximum absolute atomic E-state index is 12.8. The number of rotatable bonds is 6. The number of aromatic nitrogens is 1. The van der Waals surface area contributed by atoms with Crippen molar-refractivity contribution in [1.29, 1.82) is 0 Å². The minimum Gasteiger partial charge on any atom is -0.503 e. The molecule has 0 saturated heterocycles. The van der Waals surface area contributed by atoms with Crippen LogP contribution in [0.2, 0.25) is 5.15 Å². The molecular formula is C16H13ClF3NO4S. The van der Waals surface area contributed by atoms with E-state index in [0.717, 1.165) is 0 Å². The van der Waals surface area contributed by atoms with E-state index in [1.165, 1.54) is 20.5 Å². The van der Waals surface area contributed by atoms with Crippen LogP contribution < -0.4 is 4.74 Å². The van der Waals surface area contributed by atoms with Gasteiger partial charge in [0.25, 0.3) is 5.19 Å². The van der Waals surface area contributed by atoms with Gasteiger partial charge in [0.2, 0.25) is 0 Å². The highest BCUT2D eigenvalue weighted by molar-refractivity contribution is 7.14. The van der Waals surface area contributed by atoms with E-state index in [0.29, 0.717) is 22.5 Å². The zero-order chi connectivity index (χ0) is 19.3. The molecule has 0 aliphatic heterocycles. The van der Waals surface area contributed by atoms with Crippen molar-refractivity contribution in [3.8, 4) is 5.19 Å². The maximum Gasteiger partial charge on any atom is 0.428 e. The minimum absolute atomic E-state index is 0.130. The van der Waals surface area contributed by atoms with E-state index in [4.69, 9.17) is 25.8 Å². The molecule has 2 rings (SSSR count). The Kier molecular flexibility index (Phi) is 6.49. The number of hydrogen-bond donors (Lipinski definition) is 0. The van der Waals surface area contributed by atoms with E-state index in [-0.39, 0.29) is 17.4 Å². The third-order valence-electron chi connectivity index (χ3n) is 3.12. The summed E-state index contributed by atoms with van der Waals surface area (Å²) in [6.45, 7) is -0.130. The Bertz CT molecular complexity index is 820. The number of halogens is 4. The molecule has 5 nitrogen and oxygen atoms in total. The van der Waals surface area contributed by atoms with Crippen molar-refractivity contribution in [3.05, 3.63) is 51.7 Å². The Hall–Kier alpha value is -2.26. The normalized spacial score (nSPS) is 12.0. The Morgan fingerprint density at radius 2 is 2.00 bits per heavy atom. The summed E-state index contributed by atoms with van der Waals surface area (Å²) in [4.78, 5) is 14.5. The number of alkyl halides is 3. The van der Waals surface area contributed by atoms with Gasteiger partial charge in [-0.05, 0) is 11.1 Å². The van der Waals surface area contributed by atoms with Crippen molar-refractivity contribution < 1.29 is 32.2 Å². The molecular weight excluding hydrogens is 395 g/mol. The van der Waals surface area contributed by atoms with Gasteiger partial charge in [0.15, 0.2) is 10.0 Å². The minimum atomic E-state index is -4.60. The molecule has 10 heteroatoms. The summed E-state index contributed by atoms with van der Waals surface area (Å²) in [5.74, 6) is -0.629. The van der Waals surface area contributed by atoms with Gasteiger partial charge < -0.3 is 14.2 Å². The second kappa shape index (κ2) is 8.41. The number of methoxy groups -OCH3 is 2. The molecule has 0 N–H and O–H groups in total. The fourth-order valence-corrected chi connectivity index (χ4v) is 3.04. The van der Waals surface area contributed by atoms with Crippen molar-refractivity contribution in [1.82, 2.24) is 4.98 Å². The molecule has 0 aliphatic carbocycles. The van der Waals surface area contributed by atoms with Crippen LogP contribution in [0.15, 0.2) is 30.5 Å². The Balaban J connectivity index is 2.26. The number of hydrogen-bond acceptors (Lipinski definition) is 6. The lowest BCUT2D eigenvalue weighted by molar-refractivity contribution is -0.135. The lowest BCUT2D eigenvalue weighted by Crippen LogP contribution is -2.08. The van der Waals surface area contributed by atoms with Gasteiger partial charge >= 0.3 is 12.1 Å². The highest BCUT2D eigenvalue weighted by Crippen LogP contribution is 2.41. The summed E-state index contributed by atoms with van der Waals surface area (Å²) in [6, 6.07) is 6.67. The Morgan fingerprint density at radius 1 is 1.31 bits per heavy atom. The van der Waals surface area contributed by atoms with Crippen LogP contribution >= 0.6 is 22.9 Å². The summed E-state index contributed by atoms with van der Waals surface area (Å²) in [5, 5.41) is -0.896. The molecule has 140 valence electrons. The van der Waals surface area contributed by atoms with Crippen LogP contribution in [-0.2, 0) is 27.1 Å². The van der Waals surface area contributed by atoms with Gasteiger partial charge in [0, 0.05) is 0 Å². The first kappa shape index (κ1) is 20.1. The fraction of sp³-hybridized carbons (Fsp3) is 0.250. The van der Waals surface area contributed by atoms with Crippen LogP contribution in [0.5, 0.6) is 5.19 Å². The second-order valence-electron chi connectivity index (χ2n) is 4.80. The monoisotopic (exact) mass is 407 g/mol. The molecule has 0 spiro atoms. The Labute approximate surface area is 156 Å². The first-order valence-electron chi connectivity index (χ1n) is 7.03. The van der Waals surface area contributed by atoms with Crippen molar-refractivity contribution in [2.24, 2.45) is 0 Å². The van der Waals surface area contributed by atoms with Gasteiger partial charge in [-0.2, -0.15) is 18.2 Å². The van der Waals surface area contributed by atoms with Gasteiger partial charge in [-0.25, -0.2) is 4.79 Å².